The van der Waals surface area contributed by atoms with Gasteiger partial charge in [0, 0.05) is 22.7 Å². The van der Waals surface area contributed by atoms with Crippen molar-refractivity contribution < 1.29 is 19.2 Å². The molecule has 3 aromatic rings. The van der Waals surface area contributed by atoms with E-state index in [1.54, 1.807) is 36.4 Å². The van der Waals surface area contributed by atoms with E-state index in [-0.39, 0.29) is 41.6 Å². The van der Waals surface area contributed by atoms with Gasteiger partial charge in [-0.25, -0.2) is 0 Å². The zero-order valence-electron chi connectivity index (χ0n) is 25.2. The fourth-order valence-corrected chi connectivity index (χ4v) is 6.29. The van der Waals surface area contributed by atoms with Gasteiger partial charge in [0.1, 0.15) is 29.6 Å². The van der Waals surface area contributed by atoms with Crippen molar-refractivity contribution in [3.63, 3.8) is 0 Å². The number of nitriles is 1. The Bertz CT molecular complexity index is 1790. The lowest BCUT2D eigenvalue weighted by Gasteiger charge is -2.43. The van der Waals surface area contributed by atoms with Crippen LogP contribution < -0.4 is 20.1 Å². The first-order valence-corrected chi connectivity index (χ1v) is 14.5. The molecule has 0 bridgehead atoms. The van der Waals surface area contributed by atoms with Crippen LogP contribution in [0.3, 0.4) is 0 Å². The molecule has 1 aliphatic heterocycles. The van der Waals surface area contributed by atoms with Crippen LogP contribution in [0.5, 0.6) is 11.5 Å². The fourth-order valence-electron chi connectivity index (χ4n) is 6.17. The highest BCUT2D eigenvalue weighted by atomic mass is 35.5. The molecule has 1 atom stereocenters. The molecule has 226 valence electrons. The molecule has 0 amide bonds. The summed E-state index contributed by atoms with van der Waals surface area (Å²) in [5, 5.41) is 23.4. The Kier molecular flexibility index (Phi) is 8.15. The first-order valence-electron chi connectivity index (χ1n) is 14.1. The second-order valence-corrected chi connectivity index (χ2v) is 12.4. The van der Waals surface area contributed by atoms with Crippen molar-refractivity contribution in [2.24, 2.45) is 11.1 Å². The third-order valence-electron chi connectivity index (χ3n) is 8.22. The van der Waals surface area contributed by atoms with Gasteiger partial charge in [0.15, 0.2) is 5.78 Å². The van der Waals surface area contributed by atoms with Crippen LogP contribution in [0.2, 0.25) is 5.02 Å². The summed E-state index contributed by atoms with van der Waals surface area (Å²) in [6.45, 7) is 8.11. The quantitative estimate of drug-likeness (QED) is 0.216. The number of carbonyl (C=O) groups is 1. The number of carbonyl (C=O) groups excluding carboxylic acids is 1. The highest BCUT2D eigenvalue weighted by Gasteiger charge is 2.46. The lowest BCUT2D eigenvalue weighted by atomic mass is 9.68. The van der Waals surface area contributed by atoms with E-state index in [0.717, 1.165) is 22.3 Å². The molecule has 10 heteroatoms. The second kappa shape index (κ2) is 11.7. The van der Waals surface area contributed by atoms with Crippen LogP contribution in [0.4, 0.5) is 11.4 Å². The third-order valence-corrected chi connectivity index (χ3v) is 8.47. The fraction of sp³-hybridized carbons (Fsp3) is 0.294. The maximum absolute atomic E-state index is 14.1. The molecule has 0 saturated heterocycles. The van der Waals surface area contributed by atoms with E-state index >= 15 is 0 Å². The van der Waals surface area contributed by atoms with Crippen molar-refractivity contribution in [3.05, 3.63) is 115 Å². The van der Waals surface area contributed by atoms with Crippen LogP contribution in [-0.2, 0) is 11.4 Å². The number of benzene rings is 3. The number of hydrogen-bond acceptors (Lipinski definition) is 8. The van der Waals surface area contributed by atoms with Gasteiger partial charge in [-0.2, -0.15) is 5.26 Å². The highest BCUT2D eigenvalue weighted by Crippen LogP contribution is 2.52. The molecular weight excluding hydrogens is 580 g/mol. The summed E-state index contributed by atoms with van der Waals surface area (Å²) < 4.78 is 11.3. The molecular formula is C34H33ClN4O5. The Balaban J connectivity index is 1.70. The van der Waals surface area contributed by atoms with Crippen molar-refractivity contribution in [2.75, 3.05) is 12.0 Å². The van der Waals surface area contributed by atoms with Gasteiger partial charge in [0.05, 0.1) is 35.7 Å². The molecule has 0 spiro atoms. The predicted molar refractivity (Wildman–Crippen MR) is 168 cm³/mol. The molecule has 0 fully saturated rings. The van der Waals surface area contributed by atoms with E-state index < -0.39 is 16.3 Å². The van der Waals surface area contributed by atoms with Crippen LogP contribution in [0.1, 0.15) is 54.9 Å². The van der Waals surface area contributed by atoms with Gasteiger partial charge in [-0.1, -0.05) is 43.1 Å². The first kappa shape index (κ1) is 30.6. The topological polar surface area (TPSA) is 132 Å². The van der Waals surface area contributed by atoms with Gasteiger partial charge in [0.25, 0.3) is 5.69 Å². The average Bonchev–Trinajstić information content (AvgIpc) is 2.97. The van der Waals surface area contributed by atoms with Crippen molar-refractivity contribution in [2.45, 2.75) is 53.1 Å². The van der Waals surface area contributed by atoms with Crippen LogP contribution in [0.15, 0.2) is 77.3 Å². The van der Waals surface area contributed by atoms with E-state index in [0.29, 0.717) is 34.2 Å². The lowest BCUT2D eigenvalue weighted by Crippen LogP contribution is -2.42. The van der Waals surface area contributed by atoms with E-state index in [4.69, 9.17) is 26.8 Å². The lowest BCUT2D eigenvalue weighted by molar-refractivity contribution is -0.384. The number of nitrogens with two attached hydrogens (primary N) is 1. The van der Waals surface area contributed by atoms with E-state index in [1.807, 2.05) is 39.8 Å². The molecule has 3 aromatic carbocycles. The van der Waals surface area contributed by atoms with Crippen molar-refractivity contribution >= 4 is 28.8 Å². The number of hydrogen-bond donors (Lipinski definition) is 1. The third kappa shape index (κ3) is 5.61. The molecule has 44 heavy (non-hydrogen) atoms. The smallest absolute Gasteiger partial charge is 0.296 e. The minimum atomic E-state index is -0.749. The van der Waals surface area contributed by atoms with Gasteiger partial charge in [-0.15, -0.1) is 0 Å². The number of methoxy groups -OCH3 is 1. The summed E-state index contributed by atoms with van der Waals surface area (Å²) in [7, 11) is 1.42. The van der Waals surface area contributed by atoms with Gasteiger partial charge >= 0.3 is 0 Å². The van der Waals surface area contributed by atoms with Crippen LogP contribution in [0.25, 0.3) is 0 Å². The molecule has 1 unspecified atom stereocenters. The van der Waals surface area contributed by atoms with Crippen LogP contribution in [-0.4, -0.2) is 17.8 Å². The summed E-state index contributed by atoms with van der Waals surface area (Å²) in [6.07, 6.45) is 0.682. The number of ether oxygens (including phenoxy) is 2. The number of aryl methyl sites for hydroxylation is 1. The van der Waals surface area contributed by atoms with Crippen LogP contribution in [0, 0.1) is 40.7 Å². The summed E-state index contributed by atoms with van der Waals surface area (Å²) in [6, 6.07) is 17.8. The first-order chi connectivity index (χ1) is 20.8. The maximum Gasteiger partial charge on any atom is 0.296 e. The van der Waals surface area contributed by atoms with E-state index in [9.17, 15) is 20.2 Å². The minimum Gasteiger partial charge on any atom is -0.496 e. The monoisotopic (exact) mass is 612 g/mol. The summed E-state index contributed by atoms with van der Waals surface area (Å²) in [5.74, 6) is 0.137. The number of rotatable bonds is 7. The van der Waals surface area contributed by atoms with Gasteiger partial charge in [-0.3, -0.25) is 19.8 Å². The van der Waals surface area contributed by atoms with Crippen LogP contribution >= 0.6 is 11.6 Å². The standard InChI is InChI=1S/C34H33ClN4O5/c1-19-12-21(18-44-23-8-6-22(35)7-9-23)20(2)25(13-19)31-26(17-36)33(37)38(29-15-34(3,4)16-30(40)32(29)31)27-11-10-24(43-5)14-28(27)39(41)42/h6-14,31H,15-16,18,37H2,1-5H3. The number of nitro benzene ring substituents is 1. The predicted octanol–water partition coefficient (Wildman–Crippen LogP) is 7.39. The molecule has 1 aliphatic carbocycles. The second-order valence-electron chi connectivity index (χ2n) is 12.0. The molecule has 1 heterocycles. The number of Topliss-reactive ketones (excluding diaryl/α,β-unsaturated/α-hetero) is 1. The summed E-state index contributed by atoms with van der Waals surface area (Å²) in [5.41, 5.74) is 10.9. The van der Waals surface area contributed by atoms with Gasteiger partial charge < -0.3 is 15.2 Å². The van der Waals surface area contributed by atoms with Gasteiger partial charge in [0.2, 0.25) is 0 Å². The van der Waals surface area contributed by atoms with E-state index in [1.165, 1.54) is 18.1 Å². The SMILES string of the molecule is COc1ccc(N2C(N)=C(C#N)C(c3cc(C)cc(COc4ccc(Cl)cc4)c3C)C3=C2CC(C)(C)CC3=O)c([N+](=O)[O-])c1. The van der Waals surface area contributed by atoms with Crippen molar-refractivity contribution in [1.29, 1.82) is 5.26 Å². The number of allylic oxidation sites excluding steroid dienone is 3. The van der Waals surface area contributed by atoms with E-state index in [2.05, 4.69) is 6.07 Å². The normalized spacial score (nSPS) is 17.7. The zero-order valence-corrected chi connectivity index (χ0v) is 26.0. The molecule has 9 nitrogen and oxygen atoms in total. The minimum absolute atomic E-state index is 0.0508. The molecule has 0 aromatic heterocycles. The zero-order chi connectivity index (χ0) is 31.9. The van der Waals surface area contributed by atoms with Crippen molar-refractivity contribution in [1.82, 2.24) is 0 Å². The Morgan fingerprint density at radius 2 is 1.80 bits per heavy atom. The summed E-state index contributed by atoms with van der Waals surface area (Å²) in [4.78, 5) is 27.3. The highest BCUT2D eigenvalue weighted by molar-refractivity contribution is 6.30. The Morgan fingerprint density at radius 3 is 2.43 bits per heavy atom. The largest absolute Gasteiger partial charge is 0.496 e. The molecule has 0 radical (unpaired) electrons. The number of halogens is 1. The molecule has 0 saturated carbocycles. The number of anilines is 1. The molecule has 5 rings (SSSR count). The summed E-state index contributed by atoms with van der Waals surface area (Å²) >= 11 is 6.02. The van der Waals surface area contributed by atoms with Crippen molar-refractivity contribution in [3.8, 4) is 17.6 Å². The molecule has 2 aliphatic rings. The maximum atomic E-state index is 14.1. The number of ketones is 1. The Labute approximate surface area is 261 Å². The van der Waals surface area contributed by atoms with Gasteiger partial charge in [-0.05, 0) is 78.8 Å². The average molecular weight is 613 g/mol. The Hall–Kier alpha value is -4.81. The Morgan fingerprint density at radius 1 is 1.11 bits per heavy atom. The number of nitro groups is 1. The number of nitrogens with zero attached hydrogens (tertiary/aromatic N) is 3. The molecule has 2 N–H and O–H groups in total.